The third-order valence-electron chi connectivity index (χ3n) is 7.85. The first-order valence-corrected chi connectivity index (χ1v) is 12.2. The molecule has 4 aliphatic carbocycles. The van der Waals surface area contributed by atoms with E-state index in [2.05, 4.69) is 0 Å². The summed E-state index contributed by atoms with van der Waals surface area (Å²) in [5, 5.41) is 55.0. The second-order valence-corrected chi connectivity index (χ2v) is 10.4. The van der Waals surface area contributed by atoms with E-state index in [1.165, 1.54) is 68.4 Å². The van der Waals surface area contributed by atoms with Gasteiger partial charge in [0.1, 0.15) is 22.8 Å². The van der Waals surface area contributed by atoms with Gasteiger partial charge >= 0.3 is 0 Å². The van der Waals surface area contributed by atoms with E-state index in [4.69, 9.17) is 5.73 Å². The van der Waals surface area contributed by atoms with E-state index in [0.717, 1.165) is 0 Å². The number of aliphatic hydroxyl groups is 4. The predicted molar refractivity (Wildman–Crippen MR) is 138 cm³/mol. The molecule has 0 unspecified atom stereocenters. The van der Waals surface area contributed by atoms with Crippen LogP contribution >= 0.6 is 0 Å². The lowest BCUT2D eigenvalue weighted by Gasteiger charge is -2.52. The molecule has 40 heavy (non-hydrogen) atoms. The fourth-order valence-electron chi connectivity index (χ4n) is 5.95. The van der Waals surface area contributed by atoms with Crippen LogP contribution in [0.2, 0.25) is 0 Å². The van der Waals surface area contributed by atoms with Crippen LogP contribution in [0.3, 0.4) is 0 Å². The Kier molecular flexibility index (Phi) is 6.91. The summed E-state index contributed by atoms with van der Waals surface area (Å²) in [6, 6.07) is 3.05. The van der Waals surface area contributed by atoms with Crippen LogP contribution in [0, 0.1) is 11.8 Å². The molecule has 4 aliphatic rings. The van der Waals surface area contributed by atoms with Crippen molar-refractivity contribution >= 4 is 29.0 Å². The summed E-state index contributed by atoms with van der Waals surface area (Å²) >= 11 is 0. The highest BCUT2D eigenvalue weighted by atomic mass is 16.3. The first kappa shape index (κ1) is 28.6. The summed E-state index contributed by atoms with van der Waals surface area (Å²) in [5.41, 5.74) is -0.654. The molecule has 12 heteroatoms. The zero-order valence-electron chi connectivity index (χ0n) is 21.8. The molecule has 0 bridgehead atoms. The number of carbonyl (C=O) groups is 5. The number of likely N-dealkylation sites (N-methyl/N-ethyl adjacent to an activating group) is 1. The van der Waals surface area contributed by atoms with Gasteiger partial charge in [-0.25, -0.2) is 0 Å². The highest BCUT2D eigenvalue weighted by Gasteiger charge is 2.65. The van der Waals surface area contributed by atoms with E-state index >= 15 is 0 Å². The topological polar surface area (TPSA) is 216 Å². The molecule has 5 rings (SSSR count). The standard InChI is InChI=1S/C22H24N2O8.C6H4O2/c1-21(31)8-5-4-6-11(25)12(8)16(26)13-9(21)7-10-15(24(2)3)17(27)14(20(23)30)19(29)22(10,32)18(13)28;7-5-1-2-6(8)4-3-5/h4-6,9-10,15,25,27-28,31-32H,7H2,1-3H3,(H2,23,30);1-4H/t9-,10-,15-,21+,22-;/m0./s1. The van der Waals surface area contributed by atoms with Crippen molar-refractivity contribution in [3.8, 4) is 5.75 Å². The number of hydrogen-bond donors (Lipinski definition) is 6. The third-order valence-corrected chi connectivity index (χ3v) is 7.85. The lowest BCUT2D eigenvalue weighted by Crippen LogP contribution is -2.65. The number of ketones is 4. The van der Waals surface area contributed by atoms with Crippen LogP contribution in [0.5, 0.6) is 5.75 Å². The van der Waals surface area contributed by atoms with E-state index in [9.17, 15) is 49.5 Å². The minimum absolute atomic E-state index is 0.121. The number of carbonyl (C=O) groups excluding carboxylic acids is 5. The number of primary amides is 1. The fourth-order valence-corrected chi connectivity index (χ4v) is 5.95. The number of fused-ring (bicyclic) bond motifs is 3. The molecule has 1 aromatic rings. The molecule has 0 spiro atoms. The van der Waals surface area contributed by atoms with Gasteiger partial charge in [0.15, 0.2) is 23.0 Å². The molecule has 210 valence electrons. The predicted octanol–water partition coefficient (Wildman–Crippen LogP) is 0.0362. The number of nitrogens with two attached hydrogens (primary N) is 1. The Balaban J connectivity index is 0.000000398. The second-order valence-electron chi connectivity index (χ2n) is 10.4. The lowest BCUT2D eigenvalue weighted by atomic mass is 9.55. The number of rotatable bonds is 2. The molecule has 0 saturated heterocycles. The molecule has 12 nitrogen and oxygen atoms in total. The first-order chi connectivity index (χ1) is 18.6. The fraction of sp³-hybridized carbons (Fsp3) is 0.321. The number of amides is 1. The summed E-state index contributed by atoms with van der Waals surface area (Å²) in [4.78, 5) is 60.4. The third kappa shape index (κ3) is 4.08. The van der Waals surface area contributed by atoms with Crippen molar-refractivity contribution in [3.63, 3.8) is 0 Å². The van der Waals surface area contributed by atoms with Crippen molar-refractivity contribution in [1.82, 2.24) is 4.90 Å². The number of allylic oxidation sites excluding steroid dienone is 4. The molecular weight excluding hydrogens is 524 g/mol. The van der Waals surface area contributed by atoms with Crippen LogP contribution < -0.4 is 5.73 Å². The Bertz CT molecular complexity index is 1460. The Morgan fingerprint density at radius 2 is 1.52 bits per heavy atom. The van der Waals surface area contributed by atoms with Crippen LogP contribution in [-0.2, 0) is 24.8 Å². The molecule has 0 fully saturated rings. The molecular formula is C28H28N2O10. The molecule has 0 heterocycles. The largest absolute Gasteiger partial charge is 0.510 e. The summed E-state index contributed by atoms with van der Waals surface area (Å²) in [5.74, 6) is -8.13. The number of phenols is 1. The van der Waals surface area contributed by atoms with Crippen LogP contribution in [0.4, 0.5) is 0 Å². The molecule has 0 saturated carbocycles. The summed E-state index contributed by atoms with van der Waals surface area (Å²) in [7, 11) is 3.06. The average Bonchev–Trinajstić information content (AvgIpc) is 2.86. The minimum Gasteiger partial charge on any atom is -0.510 e. The molecule has 5 atom stereocenters. The highest BCUT2D eigenvalue weighted by molar-refractivity contribution is 6.25. The number of hydrogen-bond acceptors (Lipinski definition) is 11. The number of benzene rings is 1. The Hall–Kier alpha value is -4.39. The van der Waals surface area contributed by atoms with Gasteiger partial charge < -0.3 is 31.3 Å². The van der Waals surface area contributed by atoms with E-state index < -0.39 is 75.0 Å². The first-order valence-electron chi connectivity index (χ1n) is 12.2. The smallest absolute Gasteiger partial charge is 0.255 e. The van der Waals surface area contributed by atoms with Crippen molar-refractivity contribution in [1.29, 1.82) is 0 Å². The number of nitrogens with zero attached hydrogens (tertiary/aromatic N) is 1. The van der Waals surface area contributed by atoms with Crippen LogP contribution in [0.15, 0.2) is 65.2 Å². The number of aromatic hydroxyl groups is 1. The molecule has 0 aliphatic heterocycles. The minimum atomic E-state index is -2.75. The van der Waals surface area contributed by atoms with Crippen molar-refractivity contribution in [2.75, 3.05) is 14.1 Å². The summed E-state index contributed by atoms with van der Waals surface area (Å²) in [6.45, 7) is 1.40. The van der Waals surface area contributed by atoms with E-state index in [1.54, 1.807) is 0 Å². The normalized spacial score (nSPS) is 31.0. The zero-order chi connectivity index (χ0) is 29.9. The van der Waals surface area contributed by atoms with Crippen LogP contribution in [-0.4, -0.2) is 85.2 Å². The summed E-state index contributed by atoms with van der Waals surface area (Å²) in [6.07, 6.45) is 4.81. The van der Waals surface area contributed by atoms with E-state index in [1.807, 2.05) is 0 Å². The van der Waals surface area contributed by atoms with Crippen molar-refractivity contribution in [2.45, 2.75) is 30.6 Å². The average molecular weight is 553 g/mol. The van der Waals surface area contributed by atoms with Crippen molar-refractivity contribution < 1.29 is 49.5 Å². The number of phenolic OH excluding ortho intramolecular Hbond substituents is 1. The molecule has 1 amide bonds. The van der Waals surface area contributed by atoms with Gasteiger partial charge in [-0.15, -0.1) is 0 Å². The second kappa shape index (κ2) is 9.66. The van der Waals surface area contributed by atoms with E-state index in [-0.39, 0.29) is 29.1 Å². The van der Waals surface area contributed by atoms with Crippen molar-refractivity contribution in [3.05, 3.63) is 76.3 Å². The molecule has 7 N–H and O–H groups in total. The van der Waals surface area contributed by atoms with Crippen LogP contribution in [0.1, 0.15) is 29.3 Å². The van der Waals surface area contributed by atoms with Gasteiger partial charge in [0.25, 0.3) is 5.91 Å². The van der Waals surface area contributed by atoms with Gasteiger partial charge in [-0.2, -0.15) is 0 Å². The van der Waals surface area contributed by atoms with Gasteiger partial charge in [0.2, 0.25) is 5.78 Å². The molecule has 1 aromatic carbocycles. The molecule has 0 radical (unpaired) electrons. The maximum atomic E-state index is 13.3. The van der Waals surface area contributed by atoms with Crippen molar-refractivity contribution in [2.24, 2.45) is 17.6 Å². The Morgan fingerprint density at radius 3 is 2.02 bits per heavy atom. The lowest BCUT2D eigenvalue weighted by molar-refractivity contribution is -0.152. The maximum absolute atomic E-state index is 13.3. The van der Waals surface area contributed by atoms with Gasteiger partial charge in [0, 0.05) is 17.4 Å². The highest BCUT2D eigenvalue weighted by Crippen LogP contribution is 2.56. The number of Topliss-reactive ketones (excluding diaryl/α,β-unsaturated/α-hetero) is 2. The quantitative estimate of drug-likeness (QED) is 0.213. The van der Waals surface area contributed by atoms with Gasteiger partial charge in [-0.1, -0.05) is 12.1 Å². The molecule has 0 aromatic heterocycles. The van der Waals surface area contributed by atoms with Crippen LogP contribution in [0.25, 0.3) is 0 Å². The monoisotopic (exact) mass is 552 g/mol. The van der Waals surface area contributed by atoms with Gasteiger partial charge in [-0.3, -0.25) is 28.9 Å². The SMILES string of the molecule is CN(C)[C@@H]1C(O)=C(C(N)=O)C(=O)[C@@]2(O)C(O)=C3C(=O)c4c(O)cccc4[C@@](C)(O)[C@H]3C[C@@H]12.O=C1C=CC(=O)C=C1. The van der Waals surface area contributed by atoms with Gasteiger partial charge in [-0.05, 0) is 63.4 Å². The summed E-state index contributed by atoms with van der Waals surface area (Å²) < 4.78 is 0. The zero-order valence-corrected chi connectivity index (χ0v) is 21.8. The number of aliphatic hydroxyl groups excluding tert-OH is 2. The maximum Gasteiger partial charge on any atom is 0.255 e. The van der Waals surface area contributed by atoms with E-state index in [0.29, 0.717) is 0 Å². The Labute approximate surface area is 228 Å². The Morgan fingerprint density at radius 1 is 0.975 bits per heavy atom. The van der Waals surface area contributed by atoms with Gasteiger partial charge in [0.05, 0.1) is 17.2 Å².